The fraction of sp³-hybridized carbons (Fsp3) is 0.300. The van der Waals surface area contributed by atoms with Gasteiger partial charge in [0.05, 0.1) is 24.1 Å². The summed E-state index contributed by atoms with van der Waals surface area (Å²) in [7, 11) is 0. The topological polar surface area (TPSA) is 56.2 Å². The zero-order valence-electron chi connectivity index (χ0n) is 14.9. The van der Waals surface area contributed by atoms with Crippen molar-refractivity contribution in [3.8, 4) is 5.75 Å². The summed E-state index contributed by atoms with van der Waals surface area (Å²) in [5.74, 6) is 1.65. The average molecular weight is 337 g/mol. The lowest BCUT2D eigenvalue weighted by Gasteiger charge is -2.12. The minimum Gasteiger partial charge on any atom is -0.492 e. The van der Waals surface area contributed by atoms with Crippen molar-refractivity contribution in [2.45, 2.75) is 33.9 Å². The number of ether oxygens (including phenoxy) is 1. The molecular formula is C20H23N3O2. The van der Waals surface area contributed by atoms with Crippen LogP contribution in [0.3, 0.4) is 0 Å². The summed E-state index contributed by atoms with van der Waals surface area (Å²) in [5.41, 5.74) is 4.35. The summed E-state index contributed by atoms with van der Waals surface area (Å²) < 4.78 is 8.04. The van der Waals surface area contributed by atoms with E-state index in [4.69, 9.17) is 4.74 Å². The molecule has 3 rings (SSSR count). The van der Waals surface area contributed by atoms with Crippen LogP contribution in [0.15, 0.2) is 42.5 Å². The number of fused-ring (bicyclic) bond motifs is 1. The van der Waals surface area contributed by atoms with Gasteiger partial charge in [-0.3, -0.25) is 4.79 Å². The molecule has 0 unspecified atom stereocenters. The molecule has 5 nitrogen and oxygen atoms in total. The van der Waals surface area contributed by atoms with Gasteiger partial charge < -0.3 is 14.6 Å². The molecular weight excluding hydrogens is 314 g/mol. The number of hydrogen-bond donors (Lipinski definition) is 1. The van der Waals surface area contributed by atoms with E-state index in [2.05, 4.69) is 34.8 Å². The summed E-state index contributed by atoms with van der Waals surface area (Å²) in [6.07, 6.45) is 0. The van der Waals surface area contributed by atoms with E-state index in [-0.39, 0.29) is 5.91 Å². The molecule has 130 valence electrons. The monoisotopic (exact) mass is 337 g/mol. The minimum atomic E-state index is -0.0647. The first kappa shape index (κ1) is 17.0. The van der Waals surface area contributed by atoms with Crippen molar-refractivity contribution in [2.75, 3.05) is 6.61 Å². The van der Waals surface area contributed by atoms with E-state index in [9.17, 15) is 4.79 Å². The van der Waals surface area contributed by atoms with Crippen molar-refractivity contribution in [1.29, 1.82) is 0 Å². The van der Waals surface area contributed by atoms with Gasteiger partial charge in [0.25, 0.3) is 0 Å². The van der Waals surface area contributed by atoms with Crippen LogP contribution >= 0.6 is 0 Å². The number of nitrogens with zero attached hydrogens (tertiary/aromatic N) is 2. The smallest absolute Gasteiger partial charge is 0.217 e. The molecule has 0 aliphatic rings. The van der Waals surface area contributed by atoms with Crippen molar-refractivity contribution in [2.24, 2.45) is 0 Å². The number of amides is 1. The maximum Gasteiger partial charge on any atom is 0.217 e. The molecule has 0 atom stereocenters. The lowest BCUT2D eigenvalue weighted by atomic mass is 10.1. The molecule has 2 aromatic carbocycles. The largest absolute Gasteiger partial charge is 0.492 e. The molecule has 0 aliphatic heterocycles. The molecule has 0 spiro atoms. The molecule has 0 bridgehead atoms. The Morgan fingerprint density at radius 1 is 1.16 bits per heavy atom. The first-order valence-electron chi connectivity index (χ1n) is 8.42. The Balaban J connectivity index is 1.77. The van der Waals surface area contributed by atoms with Gasteiger partial charge in [-0.2, -0.15) is 0 Å². The molecule has 0 fully saturated rings. The van der Waals surface area contributed by atoms with Gasteiger partial charge in [-0.15, -0.1) is 0 Å². The van der Waals surface area contributed by atoms with E-state index >= 15 is 0 Å². The first-order chi connectivity index (χ1) is 12.0. The molecule has 0 aliphatic carbocycles. The predicted octanol–water partition coefficient (Wildman–Crippen LogP) is 3.37. The molecule has 0 saturated carbocycles. The first-order valence-corrected chi connectivity index (χ1v) is 8.42. The third-order valence-corrected chi connectivity index (χ3v) is 4.01. The summed E-state index contributed by atoms with van der Waals surface area (Å²) >= 11 is 0. The van der Waals surface area contributed by atoms with E-state index in [1.165, 1.54) is 18.1 Å². The molecule has 1 heterocycles. The number of benzene rings is 2. The van der Waals surface area contributed by atoms with Gasteiger partial charge in [0.1, 0.15) is 18.2 Å². The molecule has 1 N–H and O–H groups in total. The standard InChI is InChI=1S/C20H23N3O2/c1-14-10-15(2)12-17(11-14)25-9-8-23-19-7-5-4-6-18(19)22-20(23)13-21-16(3)24/h4-7,10-12H,8-9,13H2,1-3H3,(H,21,24). The normalized spacial score (nSPS) is 10.8. The lowest BCUT2D eigenvalue weighted by Crippen LogP contribution is -2.22. The number of aryl methyl sites for hydroxylation is 2. The van der Waals surface area contributed by atoms with Gasteiger partial charge in [0, 0.05) is 6.92 Å². The zero-order chi connectivity index (χ0) is 17.8. The highest BCUT2D eigenvalue weighted by atomic mass is 16.5. The molecule has 3 aromatic rings. The maximum absolute atomic E-state index is 11.2. The highest BCUT2D eigenvalue weighted by molar-refractivity contribution is 5.76. The van der Waals surface area contributed by atoms with Crippen LogP contribution in [-0.4, -0.2) is 22.1 Å². The second-order valence-electron chi connectivity index (χ2n) is 6.25. The van der Waals surface area contributed by atoms with E-state index in [1.807, 2.05) is 36.4 Å². The molecule has 1 amide bonds. The number of aromatic nitrogens is 2. The second-order valence-corrected chi connectivity index (χ2v) is 6.25. The lowest BCUT2D eigenvalue weighted by molar-refractivity contribution is -0.119. The zero-order valence-corrected chi connectivity index (χ0v) is 14.9. The van der Waals surface area contributed by atoms with Gasteiger partial charge >= 0.3 is 0 Å². The minimum absolute atomic E-state index is 0.0647. The van der Waals surface area contributed by atoms with Crippen LogP contribution in [0.2, 0.25) is 0 Å². The van der Waals surface area contributed by atoms with Crippen LogP contribution in [0.25, 0.3) is 11.0 Å². The van der Waals surface area contributed by atoms with Crippen LogP contribution in [0.5, 0.6) is 5.75 Å². The van der Waals surface area contributed by atoms with Gasteiger partial charge in [-0.05, 0) is 49.2 Å². The number of hydrogen-bond acceptors (Lipinski definition) is 3. The Kier molecular flexibility index (Phi) is 5.03. The van der Waals surface area contributed by atoms with Crippen molar-refractivity contribution in [1.82, 2.24) is 14.9 Å². The van der Waals surface area contributed by atoms with Gasteiger partial charge in [0.2, 0.25) is 5.91 Å². The van der Waals surface area contributed by atoms with Gasteiger partial charge in [-0.25, -0.2) is 4.98 Å². The van der Waals surface area contributed by atoms with Crippen molar-refractivity contribution < 1.29 is 9.53 Å². The van der Waals surface area contributed by atoms with Crippen LogP contribution < -0.4 is 10.1 Å². The summed E-state index contributed by atoms with van der Waals surface area (Å²) in [5, 5.41) is 2.82. The third-order valence-electron chi connectivity index (χ3n) is 4.01. The highest BCUT2D eigenvalue weighted by Gasteiger charge is 2.10. The maximum atomic E-state index is 11.2. The summed E-state index contributed by atoms with van der Waals surface area (Å²) in [6.45, 7) is 7.26. The average Bonchev–Trinajstić information content (AvgIpc) is 2.90. The number of nitrogens with one attached hydrogen (secondary N) is 1. The number of carbonyl (C=O) groups is 1. The molecule has 0 saturated heterocycles. The Hall–Kier alpha value is -2.82. The quantitative estimate of drug-likeness (QED) is 0.750. The Morgan fingerprint density at radius 2 is 1.88 bits per heavy atom. The SMILES string of the molecule is CC(=O)NCc1nc2ccccc2n1CCOc1cc(C)cc(C)c1. The van der Waals surface area contributed by atoms with Crippen molar-refractivity contribution in [3.05, 3.63) is 59.4 Å². The van der Waals surface area contributed by atoms with Gasteiger partial charge in [-0.1, -0.05) is 18.2 Å². The number of rotatable bonds is 6. The molecule has 0 radical (unpaired) electrons. The van der Waals surface area contributed by atoms with Crippen LogP contribution in [0.1, 0.15) is 23.9 Å². The fourth-order valence-electron chi connectivity index (χ4n) is 2.98. The summed E-state index contributed by atoms with van der Waals surface area (Å²) in [4.78, 5) is 15.9. The molecule has 1 aromatic heterocycles. The van der Waals surface area contributed by atoms with Crippen LogP contribution in [-0.2, 0) is 17.9 Å². The molecule has 5 heteroatoms. The van der Waals surface area contributed by atoms with E-state index < -0.39 is 0 Å². The number of para-hydroxylation sites is 2. The van der Waals surface area contributed by atoms with Crippen LogP contribution in [0.4, 0.5) is 0 Å². The van der Waals surface area contributed by atoms with E-state index in [0.717, 1.165) is 22.6 Å². The van der Waals surface area contributed by atoms with Gasteiger partial charge in [0.15, 0.2) is 0 Å². The van der Waals surface area contributed by atoms with E-state index in [1.54, 1.807) is 0 Å². The summed E-state index contributed by atoms with van der Waals surface area (Å²) in [6, 6.07) is 14.2. The third kappa shape index (κ3) is 4.18. The second kappa shape index (κ2) is 7.38. The van der Waals surface area contributed by atoms with Crippen molar-refractivity contribution >= 4 is 16.9 Å². The Morgan fingerprint density at radius 3 is 2.60 bits per heavy atom. The predicted molar refractivity (Wildman–Crippen MR) is 98.7 cm³/mol. The highest BCUT2D eigenvalue weighted by Crippen LogP contribution is 2.18. The van der Waals surface area contributed by atoms with E-state index in [0.29, 0.717) is 19.7 Å². The molecule has 25 heavy (non-hydrogen) atoms. The number of imidazole rings is 1. The fourth-order valence-corrected chi connectivity index (χ4v) is 2.98. The van der Waals surface area contributed by atoms with Crippen molar-refractivity contribution in [3.63, 3.8) is 0 Å². The Labute approximate surface area is 147 Å². The Bertz CT molecular complexity index is 879. The number of carbonyl (C=O) groups excluding carboxylic acids is 1. The van der Waals surface area contributed by atoms with Crippen LogP contribution in [0, 0.1) is 13.8 Å².